The SMILES string of the molecule is O=C(NCC1CCC(O)C1)c1ccc([N+](=O)[O-])cc1F. The van der Waals surface area contributed by atoms with Crippen molar-refractivity contribution in [2.24, 2.45) is 5.92 Å². The van der Waals surface area contributed by atoms with E-state index in [1.165, 1.54) is 0 Å². The number of non-ortho nitro benzene ring substituents is 1. The molecule has 0 radical (unpaired) electrons. The molecule has 108 valence electrons. The van der Waals surface area contributed by atoms with Gasteiger partial charge in [-0.3, -0.25) is 14.9 Å². The molecular weight excluding hydrogens is 267 g/mol. The molecular formula is C13H15FN2O4. The summed E-state index contributed by atoms with van der Waals surface area (Å²) in [5.74, 6) is -1.32. The van der Waals surface area contributed by atoms with Gasteiger partial charge in [0.15, 0.2) is 0 Å². The first-order valence-corrected chi connectivity index (χ1v) is 6.37. The molecule has 1 aromatic rings. The van der Waals surface area contributed by atoms with Crippen LogP contribution in [0, 0.1) is 21.8 Å². The van der Waals surface area contributed by atoms with Crippen LogP contribution in [0.25, 0.3) is 0 Å². The minimum atomic E-state index is -0.914. The summed E-state index contributed by atoms with van der Waals surface area (Å²) in [6.45, 7) is 0.367. The highest BCUT2D eigenvalue weighted by Gasteiger charge is 2.24. The molecule has 2 atom stereocenters. The molecule has 0 aromatic heterocycles. The van der Waals surface area contributed by atoms with E-state index in [4.69, 9.17) is 0 Å². The zero-order valence-corrected chi connectivity index (χ0v) is 10.7. The van der Waals surface area contributed by atoms with E-state index in [2.05, 4.69) is 5.32 Å². The molecule has 2 N–H and O–H groups in total. The summed E-state index contributed by atoms with van der Waals surface area (Å²) in [6.07, 6.45) is 1.84. The van der Waals surface area contributed by atoms with Gasteiger partial charge in [-0.05, 0) is 31.2 Å². The maximum atomic E-state index is 13.6. The van der Waals surface area contributed by atoms with E-state index in [0.29, 0.717) is 19.4 Å². The largest absolute Gasteiger partial charge is 0.393 e. The molecule has 0 saturated heterocycles. The molecule has 1 aliphatic carbocycles. The van der Waals surface area contributed by atoms with Crippen LogP contribution in [0.4, 0.5) is 10.1 Å². The van der Waals surface area contributed by atoms with Crippen LogP contribution in [0.15, 0.2) is 18.2 Å². The van der Waals surface area contributed by atoms with Crippen LogP contribution in [0.1, 0.15) is 29.6 Å². The van der Waals surface area contributed by atoms with Crippen LogP contribution in [0.3, 0.4) is 0 Å². The summed E-state index contributed by atoms with van der Waals surface area (Å²) in [4.78, 5) is 21.6. The molecule has 1 fully saturated rings. The highest BCUT2D eigenvalue weighted by Crippen LogP contribution is 2.24. The lowest BCUT2D eigenvalue weighted by Crippen LogP contribution is -2.29. The quantitative estimate of drug-likeness (QED) is 0.648. The van der Waals surface area contributed by atoms with E-state index in [0.717, 1.165) is 24.6 Å². The van der Waals surface area contributed by atoms with E-state index in [-0.39, 0.29) is 17.6 Å². The van der Waals surface area contributed by atoms with Crippen molar-refractivity contribution in [1.29, 1.82) is 0 Å². The molecule has 1 saturated carbocycles. The lowest BCUT2D eigenvalue weighted by Gasteiger charge is -2.11. The number of nitrogens with one attached hydrogen (secondary N) is 1. The van der Waals surface area contributed by atoms with Crippen molar-refractivity contribution in [3.05, 3.63) is 39.7 Å². The molecule has 1 aliphatic rings. The molecule has 7 heteroatoms. The number of aliphatic hydroxyl groups excluding tert-OH is 1. The van der Waals surface area contributed by atoms with Crippen molar-refractivity contribution in [3.8, 4) is 0 Å². The first kappa shape index (κ1) is 14.4. The van der Waals surface area contributed by atoms with Gasteiger partial charge in [0.2, 0.25) is 0 Å². The molecule has 1 aromatic carbocycles. The van der Waals surface area contributed by atoms with Crippen LogP contribution in [0.5, 0.6) is 0 Å². The third kappa shape index (κ3) is 3.30. The first-order valence-electron chi connectivity index (χ1n) is 6.37. The molecule has 0 spiro atoms. The number of rotatable bonds is 4. The number of aliphatic hydroxyl groups is 1. The maximum absolute atomic E-state index is 13.6. The number of amides is 1. The fourth-order valence-electron chi connectivity index (χ4n) is 2.37. The van der Waals surface area contributed by atoms with Gasteiger partial charge in [0.05, 0.1) is 22.7 Å². The van der Waals surface area contributed by atoms with Gasteiger partial charge in [-0.15, -0.1) is 0 Å². The normalized spacial score (nSPS) is 21.7. The van der Waals surface area contributed by atoms with Gasteiger partial charge in [0, 0.05) is 12.6 Å². The minimum Gasteiger partial charge on any atom is -0.393 e. The number of carbonyl (C=O) groups excluding carboxylic acids is 1. The van der Waals surface area contributed by atoms with Gasteiger partial charge in [0.1, 0.15) is 5.82 Å². The molecule has 20 heavy (non-hydrogen) atoms. The summed E-state index contributed by atoms with van der Waals surface area (Å²) < 4.78 is 13.6. The predicted octanol–water partition coefficient (Wildman–Crippen LogP) is 1.62. The van der Waals surface area contributed by atoms with Gasteiger partial charge in [-0.1, -0.05) is 0 Å². The van der Waals surface area contributed by atoms with Gasteiger partial charge in [-0.2, -0.15) is 0 Å². The lowest BCUT2D eigenvalue weighted by atomic mass is 10.1. The smallest absolute Gasteiger partial charge is 0.272 e. The Bertz CT molecular complexity index is 535. The Morgan fingerprint density at radius 3 is 2.80 bits per heavy atom. The molecule has 2 unspecified atom stereocenters. The van der Waals surface area contributed by atoms with Crippen molar-refractivity contribution in [3.63, 3.8) is 0 Å². The van der Waals surface area contributed by atoms with Crippen LogP contribution < -0.4 is 5.32 Å². The lowest BCUT2D eigenvalue weighted by molar-refractivity contribution is -0.385. The van der Waals surface area contributed by atoms with E-state index in [1.807, 2.05) is 0 Å². The monoisotopic (exact) mass is 282 g/mol. The van der Waals surface area contributed by atoms with E-state index < -0.39 is 22.3 Å². The average Bonchev–Trinajstić information content (AvgIpc) is 2.81. The Labute approximate surface area is 114 Å². The number of nitrogens with zero attached hydrogens (tertiary/aromatic N) is 1. The third-order valence-electron chi connectivity index (χ3n) is 3.47. The second-order valence-electron chi connectivity index (χ2n) is 4.96. The molecule has 6 nitrogen and oxygen atoms in total. The number of carbonyl (C=O) groups is 1. The van der Waals surface area contributed by atoms with Gasteiger partial charge in [0.25, 0.3) is 11.6 Å². The molecule has 1 amide bonds. The topological polar surface area (TPSA) is 92.5 Å². The number of hydrogen-bond acceptors (Lipinski definition) is 4. The summed E-state index contributed by atoms with van der Waals surface area (Å²) in [6, 6.07) is 2.93. The first-order chi connectivity index (χ1) is 9.47. The number of halogens is 1. The Morgan fingerprint density at radius 1 is 1.50 bits per heavy atom. The van der Waals surface area contributed by atoms with E-state index in [1.54, 1.807) is 0 Å². The number of nitro benzene ring substituents is 1. The standard InChI is InChI=1S/C13H15FN2O4/c14-12-6-9(16(19)20)2-4-11(12)13(18)15-7-8-1-3-10(17)5-8/h2,4,6,8,10,17H,1,3,5,7H2,(H,15,18). The summed E-state index contributed by atoms with van der Waals surface area (Å²) in [5.41, 5.74) is -0.605. The van der Waals surface area contributed by atoms with Crippen molar-refractivity contribution < 1.29 is 19.2 Å². The number of nitro groups is 1. The van der Waals surface area contributed by atoms with Crippen LogP contribution >= 0.6 is 0 Å². The van der Waals surface area contributed by atoms with Gasteiger partial charge < -0.3 is 10.4 Å². The molecule has 2 rings (SSSR count). The zero-order chi connectivity index (χ0) is 14.7. The Morgan fingerprint density at radius 2 is 2.25 bits per heavy atom. The van der Waals surface area contributed by atoms with Crippen molar-refractivity contribution in [2.75, 3.05) is 6.54 Å². The second-order valence-corrected chi connectivity index (χ2v) is 4.96. The Kier molecular flexibility index (Phi) is 4.29. The van der Waals surface area contributed by atoms with Gasteiger partial charge in [-0.25, -0.2) is 4.39 Å². The fourth-order valence-corrected chi connectivity index (χ4v) is 2.37. The van der Waals surface area contributed by atoms with E-state index >= 15 is 0 Å². The van der Waals surface area contributed by atoms with Crippen LogP contribution in [-0.2, 0) is 0 Å². The highest BCUT2D eigenvalue weighted by atomic mass is 19.1. The second kappa shape index (κ2) is 5.96. The zero-order valence-electron chi connectivity index (χ0n) is 10.7. The van der Waals surface area contributed by atoms with Crippen LogP contribution in [0.2, 0.25) is 0 Å². The van der Waals surface area contributed by atoms with E-state index in [9.17, 15) is 24.4 Å². The number of hydrogen-bond donors (Lipinski definition) is 2. The van der Waals surface area contributed by atoms with Crippen molar-refractivity contribution >= 4 is 11.6 Å². The highest BCUT2D eigenvalue weighted by molar-refractivity contribution is 5.94. The van der Waals surface area contributed by atoms with Gasteiger partial charge >= 0.3 is 0 Å². The average molecular weight is 282 g/mol. The Balaban J connectivity index is 1.97. The molecule has 0 bridgehead atoms. The Hall–Kier alpha value is -2.02. The summed E-state index contributed by atoms with van der Waals surface area (Å²) in [5, 5.41) is 22.4. The van der Waals surface area contributed by atoms with Crippen molar-refractivity contribution in [1.82, 2.24) is 5.32 Å². The number of benzene rings is 1. The van der Waals surface area contributed by atoms with Crippen molar-refractivity contribution in [2.45, 2.75) is 25.4 Å². The third-order valence-corrected chi connectivity index (χ3v) is 3.47. The maximum Gasteiger partial charge on any atom is 0.272 e. The summed E-state index contributed by atoms with van der Waals surface area (Å²) >= 11 is 0. The van der Waals surface area contributed by atoms with Crippen LogP contribution in [-0.4, -0.2) is 28.6 Å². The molecule has 0 aliphatic heterocycles. The summed E-state index contributed by atoms with van der Waals surface area (Å²) in [7, 11) is 0. The predicted molar refractivity (Wildman–Crippen MR) is 68.7 cm³/mol. The fraction of sp³-hybridized carbons (Fsp3) is 0.462. The minimum absolute atomic E-state index is 0.190. The molecule has 0 heterocycles.